The molecule has 0 fully saturated rings. The molecule has 1 aromatic heterocycles. The van der Waals surface area contributed by atoms with Crippen LogP contribution in [0.2, 0.25) is 5.02 Å². The predicted molar refractivity (Wildman–Crippen MR) is 86.4 cm³/mol. The van der Waals surface area contributed by atoms with Crippen molar-refractivity contribution in [2.45, 2.75) is 18.3 Å². The summed E-state index contributed by atoms with van der Waals surface area (Å²) in [6.07, 6.45) is -8.97. The van der Waals surface area contributed by atoms with Crippen molar-refractivity contribution in [3.8, 4) is 6.07 Å². The van der Waals surface area contributed by atoms with Crippen LogP contribution in [0.15, 0.2) is 36.5 Å². The molecule has 0 radical (unpaired) electrons. The fourth-order valence-electron chi connectivity index (χ4n) is 2.28. The molecule has 1 aromatic carbocycles. The van der Waals surface area contributed by atoms with Crippen LogP contribution in [0.1, 0.15) is 33.1 Å². The Balaban J connectivity index is 2.20. The number of halogens is 7. The fraction of sp³-hybridized carbons (Fsp3) is 0.235. The Morgan fingerprint density at radius 2 is 1.82 bits per heavy atom. The molecule has 1 atom stereocenters. The van der Waals surface area contributed by atoms with Gasteiger partial charge in [0.1, 0.15) is 5.92 Å². The minimum absolute atomic E-state index is 0.235. The molecule has 11 heteroatoms. The Morgan fingerprint density at radius 1 is 1.18 bits per heavy atom. The number of hydrogen-bond acceptors (Lipinski definition) is 3. The van der Waals surface area contributed by atoms with Crippen LogP contribution < -0.4 is 5.32 Å². The van der Waals surface area contributed by atoms with E-state index in [1.807, 2.05) is 0 Å². The summed E-state index contributed by atoms with van der Waals surface area (Å²) in [5.41, 5.74) is -3.17. The van der Waals surface area contributed by atoms with Crippen molar-refractivity contribution < 1.29 is 31.1 Å². The van der Waals surface area contributed by atoms with E-state index in [1.54, 1.807) is 6.07 Å². The number of benzene rings is 1. The fourth-order valence-corrected chi connectivity index (χ4v) is 2.58. The molecule has 148 valence electrons. The van der Waals surface area contributed by atoms with E-state index in [1.165, 1.54) is 6.07 Å². The lowest BCUT2D eigenvalue weighted by atomic mass is 10.0. The number of nitrogens with one attached hydrogen (secondary N) is 1. The molecular formula is C17H10ClF6N3O. The van der Waals surface area contributed by atoms with Crippen molar-refractivity contribution in [2.75, 3.05) is 6.54 Å². The van der Waals surface area contributed by atoms with E-state index in [2.05, 4.69) is 10.3 Å². The van der Waals surface area contributed by atoms with E-state index in [9.17, 15) is 36.4 Å². The summed E-state index contributed by atoms with van der Waals surface area (Å²) in [5, 5.41) is 10.9. The molecule has 1 unspecified atom stereocenters. The molecule has 0 spiro atoms. The zero-order valence-electron chi connectivity index (χ0n) is 13.7. The largest absolute Gasteiger partial charge is 0.417 e. The molecular weight excluding hydrogens is 412 g/mol. The second kappa shape index (κ2) is 8.06. The summed E-state index contributed by atoms with van der Waals surface area (Å²) >= 11 is 5.75. The average molecular weight is 422 g/mol. The molecule has 0 saturated carbocycles. The Labute approximate surface area is 159 Å². The maximum Gasteiger partial charge on any atom is 0.417 e. The van der Waals surface area contributed by atoms with E-state index in [0.29, 0.717) is 12.3 Å². The number of carbonyl (C=O) groups is 1. The second-order valence-electron chi connectivity index (χ2n) is 5.52. The van der Waals surface area contributed by atoms with Gasteiger partial charge in [-0.05, 0) is 18.2 Å². The topological polar surface area (TPSA) is 65.8 Å². The predicted octanol–water partition coefficient (Wildman–Crippen LogP) is 4.81. The summed E-state index contributed by atoms with van der Waals surface area (Å²) in [5.74, 6) is -2.37. The quantitative estimate of drug-likeness (QED) is 0.720. The highest BCUT2D eigenvalue weighted by Gasteiger charge is 2.35. The van der Waals surface area contributed by atoms with Gasteiger partial charge in [-0.25, -0.2) is 0 Å². The maximum atomic E-state index is 13.0. The average Bonchev–Trinajstić information content (AvgIpc) is 2.61. The first kappa shape index (κ1) is 21.5. The number of nitriles is 1. The van der Waals surface area contributed by atoms with Gasteiger partial charge in [0, 0.05) is 12.7 Å². The number of amides is 1. The first-order valence-electron chi connectivity index (χ1n) is 7.51. The molecule has 0 aliphatic rings. The molecule has 1 N–H and O–H groups in total. The summed E-state index contributed by atoms with van der Waals surface area (Å²) < 4.78 is 76.9. The van der Waals surface area contributed by atoms with Gasteiger partial charge in [0.05, 0.1) is 33.5 Å². The Hall–Kier alpha value is -2.80. The molecule has 0 aliphatic heterocycles. The van der Waals surface area contributed by atoms with Crippen molar-refractivity contribution >= 4 is 17.5 Å². The summed E-state index contributed by atoms with van der Waals surface area (Å²) in [6, 6.07) is 6.32. The minimum Gasteiger partial charge on any atom is -0.350 e. The Morgan fingerprint density at radius 3 is 2.36 bits per heavy atom. The second-order valence-corrected chi connectivity index (χ2v) is 5.93. The van der Waals surface area contributed by atoms with Crippen LogP contribution in [0.3, 0.4) is 0 Å². The lowest BCUT2D eigenvalue weighted by molar-refractivity contribution is -0.138. The first-order valence-corrected chi connectivity index (χ1v) is 7.89. The zero-order valence-corrected chi connectivity index (χ0v) is 14.5. The number of hydrogen-bond donors (Lipinski definition) is 1. The summed E-state index contributed by atoms with van der Waals surface area (Å²) in [7, 11) is 0. The van der Waals surface area contributed by atoms with Gasteiger partial charge in [-0.1, -0.05) is 23.7 Å². The van der Waals surface area contributed by atoms with Gasteiger partial charge >= 0.3 is 12.4 Å². The number of nitrogens with zero attached hydrogens (tertiary/aromatic N) is 2. The molecule has 0 aliphatic carbocycles. The lowest BCUT2D eigenvalue weighted by Crippen LogP contribution is -2.30. The van der Waals surface area contributed by atoms with Crippen LogP contribution in [-0.2, 0) is 12.4 Å². The molecule has 0 bridgehead atoms. The minimum atomic E-state index is -4.76. The van der Waals surface area contributed by atoms with Crippen molar-refractivity contribution in [3.05, 3.63) is 63.9 Å². The first-order chi connectivity index (χ1) is 12.9. The van der Waals surface area contributed by atoms with Crippen molar-refractivity contribution in [1.29, 1.82) is 5.26 Å². The Bertz CT molecular complexity index is 920. The van der Waals surface area contributed by atoms with Crippen LogP contribution in [0.25, 0.3) is 0 Å². The lowest BCUT2D eigenvalue weighted by Gasteiger charge is -2.15. The van der Waals surface area contributed by atoms with Crippen molar-refractivity contribution in [1.82, 2.24) is 10.3 Å². The molecule has 2 rings (SSSR count). The normalized spacial score (nSPS) is 12.9. The number of rotatable bonds is 4. The molecule has 2 aromatic rings. The smallest absolute Gasteiger partial charge is 0.350 e. The van der Waals surface area contributed by atoms with Gasteiger partial charge in [-0.15, -0.1) is 0 Å². The van der Waals surface area contributed by atoms with Gasteiger partial charge in [0.2, 0.25) is 0 Å². The molecule has 1 amide bonds. The highest BCUT2D eigenvalue weighted by molar-refractivity contribution is 6.31. The number of alkyl halides is 6. The highest BCUT2D eigenvalue weighted by atomic mass is 35.5. The van der Waals surface area contributed by atoms with Gasteiger partial charge in [-0.3, -0.25) is 9.78 Å². The van der Waals surface area contributed by atoms with Crippen LogP contribution in [0.4, 0.5) is 26.3 Å². The highest BCUT2D eigenvalue weighted by Crippen LogP contribution is 2.33. The third-order valence-corrected chi connectivity index (χ3v) is 3.93. The monoisotopic (exact) mass is 421 g/mol. The zero-order chi connectivity index (χ0) is 21.1. The standard InChI is InChI=1S/C17H10ClF6N3O/c18-13-5-10(16(19,20)21)8-26-14(13)9(6-25)7-27-15(28)11-3-1-2-4-12(11)17(22,23)24/h1-5,8-9H,7H2,(H,27,28). The van der Waals surface area contributed by atoms with Gasteiger partial charge < -0.3 is 5.32 Å². The van der Waals surface area contributed by atoms with E-state index >= 15 is 0 Å². The van der Waals surface area contributed by atoms with Gasteiger partial charge in [0.25, 0.3) is 5.91 Å². The molecule has 4 nitrogen and oxygen atoms in total. The van der Waals surface area contributed by atoms with Gasteiger partial charge in [0.15, 0.2) is 0 Å². The third kappa shape index (κ3) is 4.92. The van der Waals surface area contributed by atoms with E-state index in [4.69, 9.17) is 11.6 Å². The SMILES string of the molecule is N#CC(CNC(=O)c1ccccc1C(F)(F)F)c1ncc(C(F)(F)F)cc1Cl. The number of aromatic nitrogens is 1. The van der Waals surface area contributed by atoms with Crippen LogP contribution in [0.5, 0.6) is 0 Å². The summed E-state index contributed by atoms with van der Waals surface area (Å²) in [4.78, 5) is 15.6. The van der Waals surface area contributed by atoms with Crippen LogP contribution >= 0.6 is 11.6 Å². The van der Waals surface area contributed by atoms with Crippen molar-refractivity contribution in [2.24, 2.45) is 0 Å². The van der Waals surface area contributed by atoms with E-state index < -0.39 is 52.4 Å². The number of pyridine rings is 1. The van der Waals surface area contributed by atoms with Crippen LogP contribution in [0, 0.1) is 11.3 Å². The Kier molecular flexibility index (Phi) is 6.19. The summed E-state index contributed by atoms with van der Waals surface area (Å²) in [6.45, 7) is -0.500. The molecule has 0 saturated heterocycles. The van der Waals surface area contributed by atoms with Gasteiger partial charge in [-0.2, -0.15) is 31.6 Å². The van der Waals surface area contributed by atoms with E-state index in [-0.39, 0.29) is 5.69 Å². The molecule has 28 heavy (non-hydrogen) atoms. The van der Waals surface area contributed by atoms with E-state index in [0.717, 1.165) is 18.2 Å². The third-order valence-electron chi connectivity index (χ3n) is 3.63. The van der Waals surface area contributed by atoms with Crippen molar-refractivity contribution in [3.63, 3.8) is 0 Å². The maximum absolute atomic E-state index is 13.0. The molecule has 1 heterocycles. The van der Waals surface area contributed by atoms with Crippen LogP contribution in [-0.4, -0.2) is 17.4 Å². The number of carbonyl (C=O) groups excluding carboxylic acids is 1.